The Kier molecular flexibility index (Phi) is 28.4. The van der Waals surface area contributed by atoms with Gasteiger partial charge in [0.2, 0.25) is 11.8 Å². The number of carboxylic acids is 2. The maximum atomic E-state index is 12.2. The lowest BCUT2D eigenvalue weighted by Gasteiger charge is -2.14. The molecule has 0 aromatic heterocycles. The molecule has 0 aliphatic carbocycles. The van der Waals surface area contributed by atoms with Crippen LogP contribution in [0.25, 0.3) is 10.4 Å². The third-order valence-corrected chi connectivity index (χ3v) is 6.55. The summed E-state index contributed by atoms with van der Waals surface area (Å²) in [5.74, 6) is -2.51. The van der Waals surface area contributed by atoms with Crippen molar-refractivity contribution in [3.05, 3.63) is 10.4 Å². The number of aliphatic carboxylic acids is 2. The highest BCUT2D eigenvalue weighted by atomic mass is 16.5. The van der Waals surface area contributed by atoms with Gasteiger partial charge >= 0.3 is 11.9 Å². The summed E-state index contributed by atoms with van der Waals surface area (Å²) in [5, 5.41) is 26.6. The normalized spacial score (nSPS) is 11.4. The van der Waals surface area contributed by atoms with E-state index in [0.717, 1.165) is 51.4 Å². The van der Waals surface area contributed by atoms with Crippen LogP contribution in [0, 0.1) is 0 Å². The van der Waals surface area contributed by atoms with Gasteiger partial charge in [0, 0.05) is 37.3 Å². The van der Waals surface area contributed by atoms with E-state index in [-0.39, 0.29) is 57.2 Å². The molecule has 0 saturated carbocycles. The summed E-state index contributed by atoms with van der Waals surface area (Å²) < 4.78 is 15.9. The minimum Gasteiger partial charge on any atom is -0.481 e. The highest BCUT2D eigenvalue weighted by molar-refractivity contribution is 5.84. The molecular weight excluding hydrogens is 562 g/mol. The molecule has 2 amide bonds. The second kappa shape index (κ2) is 30.5. The zero-order chi connectivity index (χ0) is 31.8. The molecule has 0 aromatic rings. The van der Waals surface area contributed by atoms with Crippen molar-refractivity contribution >= 4 is 23.8 Å². The fraction of sp³-hybridized carbons (Fsp3) is 0.862. The van der Waals surface area contributed by atoms with Crippen molar-refractivity contribution < 1.29 is 43.6 Å². The Morgan fingerprint density at radius 2 is 1.14 bits per heavy atom. The Morgan fingerprint density at radius 1 is 0.651 bits per heavy atom. The van der Waals surface area contributed by atoms with Crippen molar-refractivity contribution in [1.29, 1.82) is 0 Å². The molecule has 4 N–H and O–H groups in total. The Morgan fingerprint density at radius 3 is 1.65 bits per heavy atom. The largest absolute Gasteiger partial charge is 0.481 e. The molecule has 1 atom stereocenters. The van der Waals surface area contributed by atoms with Crippen LogP contribution in [0.2, 0.25) is 0 Å². The zero-order valence-corrected chi connectivity index (χ0v) is 25.6. The van der Waals surface area contributed by atoms with Gasteiger partial charge in [-0.3, -0.25) is 14.4 Å². The average Bonchev–Trinajstić information content (AvgIpc) is 2.97. The summed E-state index contributed by atoms with van der Waals surface area (Å²) in [6, 6.07) is -1.10. The zero-order valence-electron chi connectivity index (χ0n) is 25.6. The standard InChI is InChI=1S/C29H53N5O9/c30-34-32-18-20-42-22-24-43-23-21-41-19-17-31-26(35)16-15-25(29(39)40)33-27(36)13-11-9-7-5-3-1-2-4-6-8-10-12-14-28(37)38/h25H,1-24H2,(H,31,35)(H,33,36)(H,37,38)(H,39,40). The van der Waals surface area contributed by atoms with Crippen LogP contribution < -0.4 is 10.6 Å². The quantitative estimate of drug-likeness (QED) is 0.0366. The maximum Gasteiger partial charge on any atom is 0.326 e. The van der Waals surface area contributed by atoms with Gasteiger partial charge in [-0.1, -0.05) is 69.3 Å². The van der Waals surface area contributed by atoms with Gasteiger partial charge in [-0.15, -0.1) is 0 Å². The van der Waals surface area contributed by atoms with E-state index in [4.69, 9.17) is 24.8 Å². The van der Waals surface area contributed by atoms with Gasteiger partial charge in [0.15, 0.2) is 0 Å². The Labute approximate surface area is 255 Å². The van der Waals surface area contributed by atoms with Crippen LogP contribution >= 0.6 is 0 Å². The molecule has 0 aliphatic heterocycles. The molecule has 0 radical (unpaired) electrons. The number of rotatable bonds is 32. The third kappa shape index (κ3) is 30.3. The molecule has 14 heteroatoms. The van der Waals surface area contributed by atoms with Crippen molar-refractivity contribution in [1.82, 2.24) is 10.6 Å². The minimum absolute atomic E-state index is 0.00880. The van der Waals surface area contributed by atoms with Gasteiger partial charge in [-0.05, 0) is 24.8 Å². The predicted molar refractivity (Wildman–Crippen MR) is 161 cm³/mol. The molecule has 0 saturated heterocycles. The van der Waals surface area contributed by atoms with E-state index >= 15 is 0 Å². The van der Waals surface area contributed by atoms with Gasteiger partial charge < -0.3 is 35.1 Å². The Bertz CT molecular complexity index is 794. The molecule has 0 aliphatic rings. The molecule has 248 valence electrons. The van der Waals surface area contributed by atoms with Crippen LogP contribution in [-0.2, 0) is 33.4 Å². The molecule has 0 bridgehead atoms. The molecule has 0 fully saturated rings. The lowest BCUT2D eigenvalue weighted by molar-refractivity contribution is -0.142. The van der Waals surface area contributed by atoms with E-state index in [0.29, 0.717) is 39.5 Å². The van der Waals surface area contributed by atoms with Crippen LogP contribution in [-0.4, -0.2) is 92.7 Å². The number of carboxylic acid groups (broad SMARTS) is 2. The molecule has 43 heavy (non-hydrogen) atoms. The summed E-state index contributed by atoms with van der Waals surface area (Å²) >= 11 is 0. The van der Waals surface area contributed by atoms with Crippen molar-refractivity contribution in [2.24, 2.45) is 5.11 Å². The average molecular weight is 616 g/mol. The number of unbranched alkanes of at least 4 members (excludes halogenated alkanes) is 11. The summed E-state index contributed by atoms with van der Waals surface area (Å²) in [4.78, 5) is 48.8. The van der Waals surface area contributed by atoms with Gasteiger partial charge in [0.05, 0.1) is 39.6 Å². The summed E-state index contributed by atoms with van der Waals surface area (Å²) in [5.41, 5.74) is 8.14. The number of azide groups is 1. The van der Waals surface area contributed by atoms with Crippen LogP contribution in [0.15, 0.2) is 5.11 Å². The van der Waals surface area contributed by atoms with E-state index in [1.54, 1.807) is 0 Å². The smallest absolute Gasteiger partial charge is 0.326 e. The number of carbonyl (C=O) groups is 4. The first-order valence-corrected chi connectivity index (χ1v) is 15.6. The molecule has 0 rings (SSSR count). The molecule has 0 heterocycles. The second-order valence-corrected chi connectivity index (χ2v) is 10.3. The summed E-state index contributed by atoms with van der Waals surface area (Å²) in [6.07, 6.45) is 13.0. The highest BCUT2D eigenvalue weighted by Gasteiger charge is 2.20. The fourth-order valence-electron chi connectivity index (χ4n) is 4.17. The lowest BCUT2D eigenvalue weighted by atomic mass is 10.0. The topological polar surface area (TPSA) is 209 Å². The molecule has 1 unspecified atom stereocenters. The molecule has 0 aromatic carbocycles. The van der Waals surface area contributed by atoms with Crippen LogP contribution in [0.5, 0.6) is 0 Å². The lowest BCUT2D eigenvalue weighted by Crippen LogP contribution is -2.41. The van der Waals surface area contributed by atoms with E-state index in [9.17, 15) is 24.3 Å². The first kappa shape index (κ1) is 40.1. The Hall–Kier alpha value is -2.93. The molecule has 14 nitrogen and oxygen atoms in total. The molecular formula is C29H53N5O9. The Balaban J connectivity index is 3.66. The van der Waals surface area contributed by atoms with E-state index in [1.165, 1.54) is 19.3 Å². The van der Waals surface area contributed by atoms with E-state index in [2.05, 4.69) is 20.7 Å². The van der Waals surface area contributed by atoms with Gasteiger partial charge in [0.1, 0.15) is 6.04 Å². The second-order valence-electron chi connectivity index (χ2n) is 10.3. The van der Waals surface area contributed by atoms with Crippen molar-refractivity contribution in [3.63, 3.8) is 0 Å². The predicted octanol–water partition coefficient (Wildman–Crippen LogP) is 4.36. The summed E-state index contributed by atoms with van der Waals surface area (Å²) in [6.45, 7) is 2.68. The van der Waals surface area contributed by atoms with Crippen LogP contribution in [0.3, 0.4) is 0 Å². The number of hydrogen-bond donors (Lipinski definition) is 4. The van der Waals surface area contributed by atoms with Gasteiger partial charge in [-0.25, -0.2) is 4.79 Å². The maximum absolute atomic E-state index is 12.2. The first-order valence-electron chi connectivity index (χ1n) is 15.6. The number of amides is 2. The SMILES string of the molecule is [N-]=[N+]=NCCOCCOCCOCCNC(=O)CCC(NC(=O)CCCCCCCCCCCCCCC(=O)O)C(=O)O. The van der Waals surface area contributed by atoms with E-state index in [1.807, 2.05) is 0 Å². The van der Waals surface area contributed by atoms with Gasteiger partial charge in [0.25, 0.3) is 0 Å². The van der Waals surface area contributed by atoms with Crippen molar-refractivity contribution in [2.45, 2.75) is 109 Å². The van der Waals surface area contributed by atoms with Crippen LogP contribution in [0.4, 0.5) is 0 Å². The third-order valence-electron chi connectivity index (χ3n) is 6.55. The number of hydrogen-bond acceptors (Lipinski definition) is 8. The minimum atomic E-state index is -1.16. The number of nitrogens with zero attached hydrogens (tertiary/aromatic N) is 3. The first-order chi connectivity index (χ1) is 20.9. The highest BCUT2D eigenvalue weighted by Crippen LogP contribution is 2.13. The van der Waals surface area contributed by atoms with Crippen molar-refractivity contribution in [3.8, 4) is 0 Å². The monoisotopic (exact) mass is 615 g/mol. The number of carbonyl (C=O) groups excluding carboxylic acids is 2. The number of nitrogens with one attached hydrogen (secondary N) is 2. The fourth-order valence-corrected chi connectivity index (χ4v) is 4.17. The van der Waals surface area contributed by atoms with Crippen molar-refractivity contribution in [2.75, 3.05) is 52.7 Å². The summed E-state index contributed by atoms with van der Waals surface area (Å²) in [7, 11) is 0. The molecule has 0 spiro atoms. The van der Waals surface area contributed by atoms with E-state index < -0.39 is 18.0 Å². The van der Waals surface area contributed by atoms with Crippen LogP contribution in [0.1, 0.15) is 103 Å². The number of ether oxygens (including phenoxy) is 3. The van der Waals surface area contributed by atoms with Gasteiger partial charge in [-0.2, -0.15) is 0 Å².